The summed E-state index contributed by atoms with van der Waals surface area (Å²) < 4.78 is 6.52. The lowest BCUT2D eigenvalue weighted by Crippen LogP contribution is -2.43. The molecule has 3 heterocycles. The van der Waals surface area contributed by atoms with Gasteiger partial charge in [-0.1, -0.05) is 12.1 Å². The Balaban J connectivity index is 1.43. The molecule has 8 nitrogen and oxygen atoms in total. The highest BCUT2D eigenvalue weighted by atomic mass is 32.1. The molecule has 2 amide bonds. The van der Waals surface area contributed by atoms with E-state index in [0.717, 1.165) is 11.3 Å². The van der Waals surface area contributed by atoms with Crippen molar-refractivity contribution in [1.29, 1.82) is 0 Å². The Hall–Kier alpha value is -3.46. The Morgan fingerprint density at radius 1 is 1.22 bits per heavy atom. The zero-order valence-corrected chi connectivity index (χ0v) is 18.5. The second-order valence-electron chi connectivity index (χ2n) is 7.41. The van der Waals surface area contributed by atoms with Crippen LogP contribution in [0.4, 0.5) is 5.69 Å². The van der Waals surface area contributed by atoms with Crippen LogP contribution in [0.1, 0.15) is 35.1 Å². The van der Waals surface area contributed by atoms with Crippen molar-refractivity contribution in [2.75, 3.05) is 18.5 Å². The molecule has 0 spiro atoms. The van der Waals surface area contributed by atoms with Gasteiger partial charge in [0.1, 0.15) is 6.04 Å². The topological polar surface area (TPSA) is 93.5 Å². The zero-order valence-electron chi connectivity index (χ0n) is 17.7. The van der Waals surface area contributed by atoms with Gasteiger partial charge in [-0.05, 0) is 55.5 Å². The molecule has 1 N–H and O–H groups in total. The van der Waals surface area contributed by atoms with Crippen LogP contribution in [-0.4, -0.2) is 51.7 Å². The fraction of sp³-hybridized carbons (Fsp3) is 0.304. The number of amides is 2. The summed E-state index contributed by atoms with van der Waals surface area (Å²) in [4.78, 5) is 40.2. The summed E-state index contributed by atoms with van der Waals surface area (Å²) in [5, 5.41) is 9.11. The minimum atomic E-state index is -0.482. The highest BCUT2D eigenvalue weighted by Crippen LogP contribution is 2.22. The SMILES string of the molecule is CCOC(=O)c1ccn(-c2cccc(NC(=O)C3CCCN3C(=O)Cc3cccs3)c2)n1. The van der Waals surface area contributed by atoms with Gasteiger partial charge in [-0.3, -0.25) is 9.59 Å². The first-order valence-electron chi connectivity index (χ1n) is 10.5. The van der Waals surface area contributed by atoms with Crippen molar-refractivity contribution in [3.05, 3.63) is 64.6 Å². The van der Waals surface area contributed by atoms with E-state index in [2.05, 4.69) is 10.4 Å². The number of anilines is 1. The van der Waals surface area contributed by atoms with Crippen molar-refractivity contribution in [3.8, 4) is 5.69 Å². The number of nitrogens with one attached hydrogen (secondary N) is 1. The number of hydrogen-bond acceptors (Lipinski definition) is 6. The maximum Gasteiger partial charge on any atom is 0.358 e. The van der Waals surface area contributed by atoms with Crippen LogP contribution in [0.15, 0.2) is 54.0 Å². The summed E-state index contributed by atoms with van der Waals surface area (Å²) in [5.74, 6) is -0.710. The molecule has 3 aromatic rings. The van der Waals surface area contributed by atoms with E-state index in [1.165, 1.54) is 0 Å². The molecular formula is C23H24N4O4S. The predicted octanol–water partition coefficient (Wildman–Crippen LogP) is 3.28. The maximum absolute atomic E-state index is 13.0. The monoisotopic (exact) mass is 452 g/mol. The number of aromatic nitrogens is 2. The predicted molar refractivity (Wildman–Crippen MR) is 121 cm³/mol. The van der Waals surface area contributed by atoms with Gasteiger partial charge in [0.25, 0.3) is 0 Å². The van der Waals surface area contributed by atoms with Crippen LogP contribution in [0.3, 0.4) is 0 Å². The number of carbonyl (C=O) groups excluding carboxylic acids is 3. The number of likely N-dealkylation sites (tertiary alicyclic amines) is 1. The molecule has 2 aromatic heterocycles. The van der Waals surface area contributed by atoms with Crippen molar-refractivity contribution in [1.82, 2.24) is 14.7 Å². The first kappa shape index (κ1) is 21.8. The van der Waals surface area contributed by atoms with Crippen LogP contribution in [0.5, 0.6) is 0 Å². The molecule has 0 aliphatic carbocycles. The Labute approximate surface area is 189 Å². The number of carbonyl (C=O) groups is 3. The van der Waals surface area contributed by atoms with Gasteiger partial charge in [-0.15, -0.1) is 11.3 Å². The van der Waals surface area contributed by atoms with E-state index in [1.54, 1.807) is 58.3 Å². The van der Waals surface area contributed by atoms with Crippen molar-refractivity contribution < 1.29 is 19.1 Å². The largest absolute Gasteiger partial charge is 0.461 e. The lowest BCUT2D eigenvalue weighted by atomic mass is 10.2. The van der Waals surface area contributed by atoms with Gasteiger partial charge in [0.15, 0.2) is 5.69 Å². The highest BCUT2D eigenvalue weighted by Gasteiger charge is 2.34. The van der Waals surface area contributed by atoms with Gasteiger partial charge in [0.05, 0.1) is 18.7 Å². The second-order valence-corrected chi connectivity index (χ2v) is 8.44. The minimum absolute atomic E-state index is 0.0260. The van der Waals surface area contributed by atoms with Crippen LogP contribution in [0, 0.1) is 0 Å². The fourth-order valence-electron chi connectivity index (χ4n) is 3.73. The lowest BCUT2D eigenvalue weighted by Gasteiger charge is -2.24. The second kappa shape index (κ2) is 9.78. The van der Waals surface area contributed by atoms with Gasteiger partial charge >= 0.3 is 5.97 Å². The first-order valence-corrected chi connectivity index (χ1v) is 11.4. The number of rotatable bonds is 7. The van der Waals surface area contributed by atoms with Gasteiger partial charge in [0, 0.05) is 23.3 Å². The Morgan fingerprint density at radius 2 is 2.09 bits per heavy atom. The third-order valence-corrected chi connectivity index (χ3v) is 6.11. The van der Waals surface area contributed by atoms with Gasteiger partial charge in [-0.2, -0.15) is 5.10 Å². The first-order chi connectivity index (χ1) is 15.5. The molecule has 166 valence electrons. The lowest BCUT2D eigenvalue weighted by molar-refractivity contribution is -0.136. The molecule has 1 fully saturated rings. The van der Waals surface area contributed by atoms with E-state index in [1.807, 2.05) is 23.6 Å². The average Bonchev–Trinajstić information content (AvgIpc) is 3.55. The number of benzene rings is 1. The summed E-state index contributed by atoms with van der Waals surface area (Å²) in [6, 6.07) is 12.1. The van der Waals surface area contributed by atoms with Crippen molar-refractivity contribution in [2.24, 2.45) is 0 Å². The quantitative estimate of drug-likeness (QED) is 0.556. The molecule has 4 rings (SSSR count). The van der Waals surface area contributed by atoms with Gasteiger partial charge in [-0.25, -0.2) is 9.48 Å². The maximum atomic E-state index is 13.0. The van der Waals surface area contributed by atoms with Gasteiger partial charge in [0.2, 0.25) is 11.8 Å². The minimum Gasteiger partial charge on any atom is -0.461 e. The highest BCUT2D eigenvalue weighted by molar-refractivity contribution is 7.10. The van der Waals surface area contributed by atoms with Crippen LogP contribution in [0.2, 0.25) is 0 Å². The summed E-state index contributed by atoms with van der Waals surface area (Å²) in [6.45, 7) is 2.61. The van der Waals surface area contributed by atoms with E-state index in [4.69, 9.17) is 4.74 Å². The molecular weight excluding hydrogens is 428 g/mol. The smallest absolute Gasteiger partial charge is 0.358 e. The molecule has 0 bridgehead atoms. The van der Waals surface area contributed by atoms with Gasteiger partial charge < -0.3 is 15.0 Å². The number of nitrogens with zero attached hydrogens (tertiary/aromatic N) is 3. The van der Waals surface area contributed by atoms with E-state index in [9.17, 15) is 14.4 Å². The molecule has 1 aliphatic rings. The normalized spacial score (nSPS) is 15.5. The zero-order chi connectivity index (χ0) is 22.5. The van der Waals surface area contributed by atoms with Crippen LogP contribution in [-0.2, 0) is 20.7 Å². The number of esters is 1. The molecule has 1 atom stereocenters. The molecule has 1 unspecified atom stereocenters. The summed E-state index contributed by atoms with van der Waals surface area (Å²) >= 11 is 1.54. The van der Waals surface area contributed by atoms with Crippen molar-refractivity contribution in [3.63, 3.8) is 0 Å². The molecule has 1 aromatic carbocycles. The Bertz CT molecular complexity index is 1110. The average molecular weight is 453 g/mol. The fourth-order valence-corrected chi connectivity index (χ4v) is 4.43. The number of ether oxygens (including phenoxy) is 1. The van der Waals surface area contributed by atoms with E-state index in [-0.39, 0.29) is 24.1 Å². The molecule has 1 aliphatic heterocycles. The number of thiophene rings is 1. The third-order valence-electron chi connectivity index (χ3n) is 5.23. The summed E-state index contributed by atoms with van der Waals surface area (Å²) in [5.41, 5.74) is 1.50. The molecule has 1 saturated heterocycles. The molecule has 0 radical (unpaired) electrons. The van der Waals surface area contributed by atoms with Crippen molar-refractivity contribution in [2.45, 2.75) is 32.2 Å². The third kappa shape index (κ3) is 4.88. The molecule has 0 saturated carbocycles. The Morgan fingerprint density at radius 3 is 2.88 bits per heavy atom. The standard InChI is InChI=1S/C23H24N4O4S/c1-2-31-23(30)19-10-12-27(25-19)17-7-3-6-16(14-17)24-22(29)20-9-4-11-26(20)21(28)15-18-8-5-13-32-18/h3,5-8,10,12-14,20H,2,4,9,11,15H2,1H3,(H,24,29). The number of hydrogen-bond donors (Lipinski definition) is 1. The van der Waals surface area contributed by atoms with E-state index in [0.29, 0.717) is 30.8 Å². The molecule has 9 heteroatoms. The summed E-state index contributed by atoms with van der Waals surface area (Å²) in [7, 11) is 0. The summed E-state index contributed by atoms with van der Waals surface area (Å²) in [6.07, 6.45) is 3.43. The van der Waals surface area contributed by atoms with Crippen LogP contribution >= 0.6 is 11.3 Å². The van der Waals surface area contributed by atoms with E-state index < -0.39 is 12.0 Å². The molecule has 32 heavy (non-hydrogen) atoms. The van der Waals surface area contributed by atoms with Crippen LogP contribution in [0.25, 0.3) is 5.69 Å². The van der Waals surface area contributed by atoms with E-state index >= 15 is 0 Å². The van der Waals surface area contributed by atoms with Crippen molar-refractivity contribution >= 4 is 34.8 Å². The van der Waals surface area contributed by atoms with Crippen LogP contribution < -0.4 is 5.32 Å². The Kier molecular flexibility index (Phi) is 6.65.